The van der Waals surface area contributed by atoms with E-state index in [1.54, 1.807) is 12.1 Å². The van der Waals surface area contributed by atoms with E-state index in [2.05, 4.69) is 0 Å². The van der Waals surface area contributed by atoms with Gasteiger partial charge in [-0.3, -0.25) is 0 Å². The molecule has 0 aliphatic rings. The summed E-state index contributed by atoms with van der Waals surface area (Å²) in [5.74, 6) is -0.0537. The van der Waals surface area contributed by atoms with Crippen molar-refractivity contribution in [2.24, 2.45) is 5.92 Å². The first-order chi connectivity index (χ1) is 6.13. The van der Waals surface area contributed by atoms with Gasteiger partial charge in [-0.05, 0) is 0 Å². The lowest BCUT2D eigenvalue weighted by atomic mass is 10.1. The smallest absolute Gasteiger partial charge is 0.160 e. The summed E-state index contributed by atoms with van der Waals surface area (Å²) < 4.78 is 0. The Kier molecular flexibility index (Phi) is 2.96. The van der Waals surface area contributed by atoms with Crippen molar-refractivity contribution in [3.8, 4) is 0 Å². The Labute approximate surface area is 78.2 Å². The average molecular weight is 178 g/mol. The summed E-state index contributed by atoms with van der Waals surface area (Å²) in [5, 5.41) is 19.1. The lowest BCUT2D eigenvalue weighted by molar-refractivity contribution is 0.330. The highest BCUT2D eigenvalue weighted by atomic mass is 16.3. The molecule has 0 aromatic heterocycles. The largest absolute Gasteiger partial charge is 0.508 e. The number of hydrogen-bond acceptors (Lipinski definition) is 2. The molecule has 2 nitrogen and oxygen atoms in total. The van der Waals surface area contributed by atoms with Crippen LogP contribution >= 0.6 is 0 Å². The molecule has 2 N–H and O–H groups in total. The Morgan fingerprint density at radius 3 is 2.08 bits per heavy atom. The third-order valence-corrected chi connectivity index (χ3v) is 1.84. The van der Waals surface area contributed by atoms with Gasteiger partial charge in [-0.15, -0.1) is 0 Å². The van der Waals surface area contributed by atoms with Crippen molar-refractivity contribution in [2.45, 2.75) is 13.8 Å². The van der Waals surface area contributed by atoms with E-state index in [9.17, 15) is 10.2 Å². The van der Waals surface area contributed by atoms with Crippen LogP contribution in [-0.4, -0.2) is 10.2 Å². The van der Waals surface area contributed by atoms with E-state index in [0.717, 1.165) is 0 Å². The molecule has 0 saturated heterocycles. The minimum atomic E-state index is -0.0554. The Bertz CT molecular complexity index is 299. The van der Waals surface area contributed by atoms with Crippen molar-refractivity contribution in [3.05, 3.63) is 41.7 Å². The number of benzene rings is 1. The Hall–Kier alpha value is -1.44. The predicted molar refractivity (Wildman–Crippen MR) is 53.5 cm³/mol. The van der Waals surface area contributed by atoms with Crippen molar-refractivity contribution in [3.63, 3.8) is 0 Å². The fourth-order valence-corrected chi connectivity index (χ4v) is 1.02. The quantitative estimate of drug-likeness (QED) is 0.683. The van der Waals surface area contributed by atoms with Crippen LogP contribution in [0.5, 0.6) is 0 Å². The highest BCUT2D eigenvalue weighted by Crippen LogP contribution is 2.18. The van der Waals surface area contributed by atoms with Crippen LogP contribution in [0.2, 0.25) is 0 Å². The minimum Gasteiger partial charge on any atom is -0.508 e. The molecule has 13 heavy (non-hydrogen) atoms. The maximum absolute atomic E-state index is 9.59. The van der Waals surface area contributed by atoms with Gasteiger partial charge in [-0.2, -0.15) is 0 Å². The Balaban J connectivity index is 3.03. The summed E-state index contributed by atoms with van der Waals surface area (Å²) >= 11 is 0. The second-order valence-corrected chi connectivity index (χ2v) is 3.25. The normalized spacial score (nSPS) is 12.8. The lowest BCUT2D eigenvalue weighted by Crippen LogP contribution is -1.97. The van der Waals surface area contributed by atoms with Gasteiger partial charge < -0.3 is 10.2 Å². The second kappa shape index (κ2) is 3.99. The molecule has 1 aromatic carbocycles. The van der Waals surface area contributed by atoms with Gasteiger partial charge in [0.2, 0.25) is 0 Å². The van der Waals surface area contributed by atoms with E-state index in [0.29, 0.717) is 5.56 Å². The molecule has 0 bridgehead atoms. The molecule has 0 unspecified atom stereocenters. The molecule has 0 saturated carbocycles. The SMILES string of the molecule is CC(C)/C(O)=C(\O)c1ccccc1. The van der Waals surface area contributed by atoms with Gasteiger partial charge in [0.15, 0.2) is 5.76 Å². The van der Waals surface area contributed by atoms with Gasteiger partial charge in [0.25, 0.3) is 0 Å². The molecule has 0 aliphatic carbocycles. The molecule has 0 heterocycles. The van der Waals surface area contributed by atoms with E-state index in [1.165, 1.54) is 0 Å². The number of rotatable bonds is 2. The second-order valence-electron chi connectivity index (χ2n) is 3.25. The molecule has 0 fully saturated rings. The van der Waals surface area contributed by atoms with Crippen LogP contribution in [0.1, 0.15) is 19.4 Å². The maximum atomic E-state index is 9.59. The van der Waals surface area contributed by atoms with E-state index in [-0.39, 0.29) is 17.4 Å². The van der Waals surface area contributed by atoms with Gasteiger partial charge in [-0.25, -0.2) is 0 Å². The minimum absolute atomic E-state index is 0.0319. The van der Waals surface area contributed by atoms with Crippen molar-refractivity contribution in [2.75, 3.05) is 0 Å². The highest BCUT2D eigenvalue weighted by Gasteiger charge is 2.09. The first-order valence-electron chi connectivity index (χ1n) is 4.30. The third kappa shape index (κ3) is 2.25. The summed E-state index contributed by atoms with van der Waals surface area (Å²) in [6, 6.07) is 9.02. The monoisotopic (exact) mass is 178 g/mol. The summed E-state index contributed by atoms with van der Waals surface area (Å²) in [7, 11) is 0. The molecule has 0 spiro atoms. The van der Waals surface area contributed by atoms with E-state index >= 15 is 0 Å². The van der Waals surface area contributed by atoms with Gasteiger partial charge in [0.1, 0.15) is 5.76 Å². The molecule has 1 aromatic rings. The Morgan fingerprint density at radius 1 is 1.08 bits per heavy atom. The van der Waals surface area contributed by atoms with E-state index < -0.39 is 0 Å². The topological polar surface area (TPSA) is 40.5 Å². The van der Waals surface area contributed by atoms with Crippen LogP contribution in [0.4, 0.5) is 0 Å². The molecule has 0 radical (unpaired) electrons. The summed E-state index contributed by atoms with van der Waals surface area (Å²) in [6.07, 6.45) is 0. The predicted octanol–water partition coefficient (Wildman–Crippen LogP) is 3.13. The van der Waals surface area contributed by atoms with E-state index in [4.69, 9.17) is 0 Å². The van der Waals surface area contributed by atoms with Gasteiger partial charge in [0, 0.05) is 11.5 Å². The lowest BCUT2D eigenvalue weighted by Gasteiger charge is -2.07. The van der Waals surface area contributed by atoms with Crippen LogP contribution in [-0.2, 0) is 0 Å². The van der Waals surface area contributed by atoms with Crippen LogP contribution in [0, 0.1) is 5.92 Å². The number of aliphatic hydroxyl groups is 2. The molecule has 1 rings (SSSR count). The molecular formula is C11H14O2. The van der Waals surface area contributed by atoms with Gasteiger partial charge >= 0.3 is 0 Å². The molecule has 0 aliphatic heterocycles. The highest BCUT2D eigenvalue weighted by molar-refractivity contribution is 5.60. The van der Waals surface area contributed by atoms with Crippen molar-refractivity contribution in [1.29, 1.82) is 0 Å². The van der Waals surface area contributed by atoms with Crippen LogP contribution in [0.25, 0.3) is 5.76 Å². The maximum Gasteiger partial charge on any atom is 0.160 e. The Morgan fingerprint density at radius 2 is 1.62 bits per heavy atom. The molecule has 2 heteroatoms. The number of aliphatic hydroxyl groups excluding tert-OH is 2. The van der Waals surface area contributed by atoms with Gasteiger partial charge in [0.05, 0.1) is 0 Å². The van der Waals surface area contributed by atoms with Crippen LogP contribution in [0.15, 0.2) is 36.1 Å². The van der Waals surface area contributed by atoms with Crippen LogP contribution < -0.4 is 0 Å². The van der Waals surface area contributed by atoms with Crippen molar-refractivity contribution >= 4 is 5.76 Å². The fourth-order valence-electron chi connectivity index (χ4n) is 1.02. The van der Waals surface area contributed by atoms with E-state index in [1.807, 2.05) is 32.0 Å². The molecule has 0 atom stereocenters. The standard InChI is InChI=1S/C11H14O2/c1-8(2)10(12)11(13)9-6-4-3-5-7-9/h3-8,12-13H,1-2H3/b11-10+. The zero-order valence-electron chi connectivity index (χ0n) is 7.86. The summed E-state index contributed by atoms with van der Waals surface area (Å²) in [5.41, 5.74) is 0.647. The average Bonchev–Trinajstić information content (AvgIpc) is 2.17. The van der Waals surface area contributed by atoms with Crippen molar-refractivity contribution < 1.29 is 10.2 Å². The molecule has 70 valence electrons. The third-order valence-electron chi connectivity index (χ3n) is 1.84. The zero-order valence-corrected chi connectivity index (χ0v) is 7.86. The van der Waals surface area contributed by atoms with Crippen molar-refractivity contribution in [1.82, 2.24) is 0 Å². The summed E-state index contributed by atoms with van der Waals surface area (Å²) in [6.45, 7) is 3.66. The molecule has 0 amide bonds. The fraction of sp³-hybridized carbons (Fsp3) is 0.273. The number of allylic oxidation sites excluding steroid dienone is 1. The zero-order chi connectivity index (χ0) is 9.84. The van der Waals surface area contributed by atoms with Crippen LogP contribution in [0.3, 0.4) is 0 Å². The first-order valence-corrected chi connectivity index (χ1v) is 4.30. The number of hydrogen-bond donors (Lipinski definition) is 2. The van der Waals surface area contributed by atoms with Gasteiger partial charge in [-0.1, -0.05) is 44.2 Å². The molecular weight excluding hydrogens is 164 g/mol. The summed E-state index contributed by atoms with van der Waals surface area (Å²) in [4.78, 5) is 0. The first kappa shape index (κ1) is 9.65.